The summed E-state index contributed by atoms with van der Waals surface area (Å²) in [5, 5.41) is 11.7. The molecule has 1 aliphatic rings. The first-order valence-corrected chi connectivity index (χ1v) is 15.9. The molecule has 7 heteroatoms. The number of likely N-dealkylation sites (N-methyl/N-ethyl adjacent to an activating group) is 1. The number of hydrogen-bond acceptors (Lipinski definition) is 6. The molecule has 1 aliphatic heterocycles. The number of benzene rings is 3. The van der Waals surface area contributed by atoms with Crippen molar-refractivity contribution in [3.8, 4) is 5.75 Å². The molecular formula is C37H48N2O5. The number of ether oxygens (including phenoxy) is 2. The zero-order valence-electron chi connectivity index (χ0n) is 26.5. The van der Waals surface area contributed by atoms with Crippen molar-refractivity contribution >= 4 is 11.9 Å². The molecule has 0 unspecified atom stereocenters. The molecule has 1 N–H and O–H groups in total. The maximum Gasteiger partial charge on any atom is 0.305 e. The molecular weight excluding hydrogens is 552 g/mol. The fourth-order valence-corrected chi connectivity index (χ4v) is 6.24. The average Bonchev–Trinajstić information content (AvgIpc) is 3.05. The fraction of sp³-hybridized carbons (Fsp3) is 0.459. The van der Waals surface area contributed by atoms with Gasteiger partial charge in [-0.25, -0.2) is 0 Å². The Balaban J connectivity index is 1.37. The second kappa shape index (κ2) is 15.9. The van der Waals surface area contributed by atoms with E-state index < -0.39 is 11.0 Å². The lowest BCUT2D eigenvalue weighted by atomic mass is 9.70. The molecule has 1 fully saturated rings. The summed E-state index contributed by atoms with van der Waals surface area (Å²) in [5.41, 5.74) is 1.14. The number of carbonyl (C=O) groups excluding carboxylic acids is 2. The maximum absolute atomic E-state index is 14.0. The first-order chi connectivity index (χ1) is 21.3. The van der Waals surface area contributed by atoms with Gasteiger partial charge in [0.25, 0.3) is 0 Å². The van der Waals surface area contributed by atoms with Gasteiger partial charge in [0.15, 0.2) is 0 Å². The second-order valence-corrected chi connectivity index (χ2v) is 12.0. The number of rotatable bonds is 15. The van der Waals surface area contributed by atoms with Crippen LogP contribution in [0.2, 0.25) is 0 Å². The summed E-state index contributed by atoms with van der Waals surface area (Å²) < 4.78 is 11.0. The van der Waals surface area contributed by atoms with Crippen LogP contribution in [-0.4, -0.2) is 73.7 Å². The van der Waals surface area contributed by atoms with Crippen LogP contribution < -0.4 is 4.74 Å². The van der Waals surface area contributed by atoms with Gasteiger partial charge in [-0.05, 0) is 80.8 Å². The molecule has 7 nitrogen and oxygen atoms in total. The molecule has 3 aromatic rings. The van der Waals surface area contributed by atoms with Gasteiger partial charge in [-0.3, -0.25) is 9.59 Å². The van der Waals surface area contributed by atoms with E-state index in [4.69, 9.17) is 9.47 Å². The molecule has 0 radical (unpaired) electrons. The highest BCUT2D eigenvalue weighted by atomic mass is 16.5. The number of carbonyl (C=O) groups is 2. The summed E-state index contributed by atoms with van der Waals surface area (Å²) >= 11 is 0. The van der Waals surface area contributed by atoms with Crippen molar-refractivity contribution in [2.24, 2.45) is 0 Å². The number of amides is 1. The lowest BCUT2D eigenvalue weighted by molar-refractivity contribution is -0.143. The maximum atomic E-state index is 14.0. The minimum atomic E-state index is -0.926. The van der Waals surface area contributed by atoms with Crippen LogP contribution >= 0.6 is 0 Å². The third-order valence-corrected chi connectivity index (χ3v) is 8.76. The molecule has 0 aromatic heterocycles. The molecule has 1 saturated heterocycles. The SMILES string of the molecule is CCOC(=O)CCCCCOc1cccc(C2(O)CCN(CCC(C(=O)N(C)C)(c3ccccc3)c3ccccc3)CC2)c1. The summed E-state index contributed by atoms with van der Waals surface area (Å²) in [4.78, 5) is 29.5. The van der Waals surface area contributed by atoms with Crippen molar-refractivity contribution in [1.82, 2.24) is 9.80 Å². The van der Waals surface area contributed by atoms with E-state index in [2.05, 4.69) is 29.2 Å². The number of likely N-dealkylation sites (tertiary alicyclic amines) is 1. The van der Waals surface area contributed by atoms with E-state index in [-0.39, 0.29) is 11.9 Å². The highest BCUT2D eigenvalue weighted by molar-refractivity contribution is 5.92. The molecule has 4 rings (SSSR count). The molecule has 1 heterocycles. The van der Waals surface area contributed by atoms with Crippen LogP contribution in [0.1, 0.15) is 68.6 Å². The van der Waals surface area contributed by atoms with Crippen LogP contribution in [0, 0.1) is 0 Å². The van der Waals surface area contributed by atoms with Crippen molar-refractivity contribution < 1.29 is 24.2 Å². The van der Waals surface area contributed by atoms with Crippen LogP contribution in [0.5, 0.6) is 5.75 Å². The van der Waals surface area contributed by atoms with Gasteiger partial charge in [0.1, 0.15) is 11.2 Å². The Hall–Kier alpha value is -3.68. The minimum absolute atomic E-state index is 0.0687. The monoisotopic (exact) mass is 600 g/mol. The van der Waals surface area contributed by atoms with Crippen molar-refractivity contribution in [2.75, 3.05) is 46.9 Å². The molecule has 0 atom stereocenters. The molecule has 0 aliphatic carbocycles. The minimum Gasteiger partial charge on any atom is -0.494 e. The molecule has 3 aromatic carbocycles. The Bertz CT molecular complexity index is 1280. The zero-order valence-corrected chi connectivity index (χ0v) is 26.5. The van der Waals surface area contributed by atoms with E-state index >= 15 is 0 Å². The molecule has 0 bridgehead atoms. The predicted molar refractivity (Wildman–Crippen MR) is 174 cm³/mol. The van der Waals surface area contributed by atoms with Gasteiger partial charge in [-0.15, -0.1) is 0 Å². The number of hydrogen-bond donors (Lipinski definition) is 1. The van der Waals surface area contributed by atoms with Crippen molar-refractivity contribution in [3.05, 3.63) is 102 Å². The van der Waals surface area contributed by atoms with E-state index in [1.807, 2.05) is 81.7 Å². The van der Waals surface area contributed by atoms with Gasteiger partial charge < -0.3 is 24.4 Å². The quantitative estimate of drug-likeness (QED) is 0.172. The van der Waals surface area contributed by atoms with E-state index in [1.165, 1.54) is 0 Å². The van der Waals surface area contributed by atoms with E-state index in [0.717, 1.165) is 61.3 Å². The standard InChI is InChI=1S/C37H48N2O5/c1-4-43-34(40)21-12-7-13-28-44-33-20-14-19-32(29-33)36(42)22-25-39(26-23-36)27-24-37(35(41)38(2)3,30-15-8-5-9-16-30)31-17-10-6-11-18-31/h5-6,8-11,14-20,29,42H,4,7,12-13,21-28H2,1-3H3. The Morgan fingerprint density at radius 3 is 2.11 bits per heavy atom. The van der Waals surface area contributed by atoms with Gasteiger partial charge in [0.05, 0.1) is 18.8 Å². The number of esters is 1. The number of unbranched alkanes of at least 4 members (excludes halogenated alkanes) is 2. The van der Waals surface area contributed by atoms with Gasteiger partial charge >= 0.3 is 5.97 Å². The first kappa shape index (κ1) is 33.2. The molecule has 1 amide bonds. The third kappa shape index (κ3) is 8.27. The van der Waals surface area contributed by atoms with Crippen molar-refractivity contribution in [1.29, 1.82) is 0 Å². The highest BCUT2D eigenvalue weighted by Gasteiger charge is 2.43. The van der Waals surface area contributed by atoms with Crippen molar-refractivity contribution in [3.63, 3.8) is 0 Å². The lowest BCUT2D eigenvalue weighted by Crippen LogP contribution is -2.48. The summed E-state index contributed by atoms with van der Waals surface area (Å²) in [6.07, 6.45) is 4.84. The molecule has 0 saturated carbocycles. The van der Waals surface area contributed by atoms with Gasteiger partial charge in [-0.1, -0.05) is 72.8 Å². The normalized spacial score (nSPS) is 15.0. The van der Waals surface area contributed by atoms with Crippen LogP contribution in [0.4, 0.5) is 0 Å². The summed E-state index contributed by atoms with van der Waals surface area (Å²) in [7, 11) is 3.65. The number of aliphatic hydroxyl groups is 1. The average molecular weight is 601 g/mol. The largest absolute Gasteiger partial charge is 0.494 e. The molecule has 44 heavy (non-hydrogen) atoms. The molecule has 236 valence electrons. The van der Waals surface area contributed by atoms with Crippen LogP contribution in [0.3, 0.4) is 0 Å². The van der Waals surface area contributed by atoms with Crippen LogP contribution in [0.15, 0.2) is 84.9 Å². The summed E-state index contributed by atoms with van der Waals surface area (Å²) in [6.45, 7) is 5.01. The Morgan fingerprint density at radius 1 is 0.886 bits per heavy atom. The predicted octanol–water partition coefficient (Wildman–Crippen LogP) is 5.94. The smallest absolute Gasteiger partial charge is 0.305 e. The van der Waals surface area contributed by atoms with E-state index in [0.29, 0.717) is 38.9 Å². The fourth-order valence-electron chi connectivity index (χ4n) is 6.24. The highest BCUT2D eigenvalue weighted by Crippen LogP contribution is 2.39. The van der Waals surface area contributed by atoms with E-state index in [1.54, 1.807) is 4.90 Å². The second-order valence-electron chi connectivity index (χ2n) is 12.0. The zero-order chi connectivity index (χ0) is 31.4. The summed E-state index contributed by atoms with van der Waals surface area (Å²) in [5.74, 6) is 0.676. The summed E-state index contributed by atoms with van der Waals surface area (Å²) in [6, 6.07) is 28.0. The molecule has 0 spiro atoms. The number of nitrogens with zero attached hydrogens (tertiary/aromatic N) is 2. The van der Waals surface area contributed by atoms with E-state index in [9.17, 15) is 14.7 Å². The van der Waals surface area contributed by atoms with Gasteiger partial charge in [0, 0.05) is 33.6 Å². The third-order valence-electron chi connectivity index (χ3n) is 8.76. The van der Waals surface area contributed by atoms with Crippen molar-refractivity contribution in [2.45, 2.75) is 62.9 Å². The number of piperidine rings is 1. The Labute approximate surface area is 262 Å². The van der Waals surface area contributed by atoms with Crippen LogP contribution in [-0.2, 0) is 25.3 Å². The Morgan fingerprint density at radius 2 is 1.52 bits per heavy atom. The van der Waals surface area contributed by atoms with Gasteiger partial charge in [-0.2, -0.15) is 0 Å². The lowest BCUT2D eigenvalue weighted by Gasteiger charge is -2.41. The topological polar surface area (TPSA) is 79.3 Å². The first-order valence-electron chi connectivity index (χ1n) is 15.9. The Kier molecular flexibility index (Phi) is 12.0. The van der Waals surface area contributed by atoms with Crippen LogP contribution in [0.25, 0.3) is 0 Å². The van der Waals surface area contributed by atoms with Gasteiger partial charge in [0.2, 0.25) is 5.91 Å².